The second-order valence-electron chi connectivity index (χ2n) is 4.74. The van der Waals surface area contributed by atoms with Gasteiger partial charge in [-0.3, -0.25) is 0 Å². The van der Waals surface area contributed by atoms with E-state index in [4.69, 9.17) is 0 Å². The molecule has 1 aliphatic rings. The van der Waals surface area contributed by atoms with Gasteiger partial charge in [0.15, 0.2) is 0 Å². The number of rotatable bonds is 7. The van der Waals surface area contributed by atoms with Crippen molar-refractivity contribution in [3.8, 4) is 5.75 Å². The van der Waals surface area contributed by atoms with Gasteiger partial charge in [-0.1, -0.05) is 31.9 Å². The van der Waals surface area contributed by atoms with Crippen molar-refractivity contribution in [3.05, 3.63) is 29.8 Å². The first-order chi connectivity index (χ1) is 8.69. The van der Waals surface area contributed by atoms with Crippen LogP contribution in [0.15, 0.2) is 24.3 Å². The third-order valence-electron chi connectivity index (χ3n) is 3.20. The van der Waals surface area contributed by atoms with E-state index in [2.05, 4.69) is 17.0 Å². The smallest absolute Gasteiger partial charge is 0.387 e. The Balaban J connectivity index is 2.07. The van der Waals surface area contributed by atoms with Crippen LogP contribution in [0, 0.1) is 5.92 Å². The molecule has 100 valence electrons. The summed E-state index contributed by atoms with van der Waals surface area (Å²) < 4.78 is 28.8. The van der Waals surface area contributed by atoms with Gasteiger partial charge in [0.1, 0.15) is 5.75 Å². The summed E-state index contributed by atoms with van der Waals surface area (Å²) in [6.45, 7) is 0.165. The van der Waals surface area contributed by atoms with E-state index < -0.39 is 6.61 Å². The summed E-state index contributed by atoms with van der Waals surface area (Å²) in [5, 5.41) is 3.41. The van der Waals surface area contributed by atoms with Gasteiger partial charge in [-0.25, -0.2) is 0 Å². The lowest BCUT2D eigenvalue weighted by Crippen LogP contribution is -2.21. The Morgan fingerprint density at radius 1 is 1.39 bits per heavy atom. The highest BCUT2D eigenvalue weighted by molar-refractivity contribution is 5.30. The maximum absolute atomic E-state index is 12.2. The largest absolute Gasteiger partial charge is 0.435 e. The van der Waals surface area contributed by atoms with Crippen molar-refractivity contribution in [2.45, 2.75) is 38.8 Å². The van der Waals surface area contributed by atoms with Crippen molar-refractivity contribution >= 4 is 0 Å². The monoisotopic (exact) mass is 255 g/mol. The highest BCUT2D eigenvalue weighted by atomic mass is 19.3. The van der Waals surface area contributed by atoms with Crippen molar-refractivity contribution in [2.24, 2.45) is 5.92 Å². The Labute approximate surface area is 106 Å². The normalized spacial score (nSPS) is 16.9. The molecule has 0 aromatic heterocycles. The molecule has 18 heavy (non-hydrogen) atoms. The van der Waals surface area contributed by atoms with Crippen LogP contribution in [0.5, 0.6) is 5.75 Å². The zero-order chi connectivity index (χ0) is 13.0. The topological polar surface area (TPSA) is 21.3 Å². The zero-order valence-electron chi connectivity index (χ0n) is 10.5. The minimum absolute atomic E-state index is 0.237. The Morgan fingerprint density at radius 3 is 2.78 bits per heavy atom. The summed E-state index contributed by atoms with van der Waals surface area (Å²) in [4.78, 5) is 0. The molecule has 2 rings (SSSR count). The lowest BCUT2D eigenvalue weighted by molar-refractivity contribution is -0.0499. The Bertz CT molecular complexity index is 380. The molecule has 1 aliphatic carbocycles. The van der Waals surface area contributed by atoms with Gasteiger partial charge in [0.2, 0.25) is 0 Å². The van der Waals surface area contributed by atoms with Crippen LogP contribution in [-0.2, 0) is 0 Å². The van der Waals surface area contributed by atoms with E-state index in [1.165, 1.54) is 12.8 Å². The minimum Gasteiger partial charge on any atom is -0.435 e. The molecule has 0 saturated heterocycles. The second kappa shape index (κ2) is 6.14. The summed E-state index contributed by atoms with van der Waals surface area (Å²) in [6.07, 6.45) is 3.65. The van der Waals surface area contributed by atoms with Crippen LogP contribution in [0.2, 0.25) is 0 Å². The predicted octanol–water partition coefficient (Wildman–Crippen LogP) is 3.74. The Morgan fingerprint density at radius 2 is 2.17 bits per heavy atom. The van der Waals surface area contributed by atoms with Crippen molar-refractivity contribution in [3.63, 3.8) is 0 Å². The fraction of sp³-hybridized carbons (Fsp3) is 0.571. The predicted molar refractivity (Wildman–Crippen MR) is 66.8 cm³/mol. The molecule has 1 atom stereocenters. The minimum atomic E-state index is -2.76. The fourth-order valence-electron chi connectivity index (χ4n) is 2.18. The molecular formula is C14H19F2NO. The lowest BCUT2D eigenvalue weighted by Gasteiger charge is -2.19. The number of hydrogen-bond acceptors (Lipinski definition) is 2. The molecule has 1 unspecified atom stereocenters. The highest BCUT2D eigenvalue weighted by Gasteiger charge is 2.26. The number of alkyl halides is 2. The van der Waals surface area contributed by atoms with Gasteiger partial charge in [-0.15, -0.1) is 0 Å². The van der Waals surface area contributed by atoms with Crippen LogP contribution < -0.4 is 10.1 Å². The van der Waals surface area contributed by atoms with Gasteiger partial charge in [0.25, 0.3) is 0 Å². The fourth-order valence-corrected chi connectivity index (χ4v) is 2.18. The molecule has 2 nitrogen and oxygen atoms in total. The van der Waals surface area contributed by atoms with E-state index in [0.717, 1.165) is 24.4 Å². The second-order valence-corrected chi connectivity index (χ2v) is 4.74. The summed E-state index contributed by atoms with van der Waals surface area (Å²) in [5.74, 6) is 1.02. The molecule has 0 spiro atoms. The van der Waals surface area contributed by atoms with E-state index in [1.54, 1.807) is 18.2 Å². The first kappa shape index (κ1) is 13.3. The molecule has 0 bridgehead atoms. The molecule has 1 fully saturated rings. The van der Waals surface area contributed by atoms with E-state index in [1.807, 2.05) is 6.07 Å². The maximum Gasteiger partial charge on any atom is 0.387 e. The lowest BCUT2D eigenvalue weighted by atomic mass is 10.0. The van der Waals surface area contributed by atoms with Crippen molar-refractivity contribution in [2.75, 3.05) is 6.54 Å². The molecule has 0 radical (unpaired) electrons. The van der Waals surface area contributed by atoms with E-state index in [-0.39, 0.29) is 11.8 Å². The SMILES string of the molecule is CCNC(CC1CC1)c1cccc(OC(F)F)c1. The first-order valence-electron chi connectivity index (χ1n) is 6.47. The number of ether oxygens (including phenoxy) is 1. The van der Waals surface area contributed by atoms with Crippen LogP contribution >= 0.6 is 0 Å². The third-order valence-corrected chi connectivity index (χ3v) is 3.20. The highest BCUT2D eigenvalue weighted by Crippen LogP contribution is 2.38. The van der Waals surface area contributed by atoms with Crippen molar-refractivity contribution < 1.29 is 13.5 Å². The number of hydrogen-bond donors (Lipinski definition) is 1. The number of halogens is 2. The van der Waals surface area contributed by atoms with Gasteiger partial charge in [-0.05, 0) is 36.6 Å². The first-order valence-corrected chi connectivity index (χ1v) is 6.47. The molecule has 4 heteroatoms. The molecular weight excluding hydrogens is 236 g/mol. The number of nitrogens with one attached hydrogen (secondary N) is 1. The van der Waals surface area contributed by atoms with Gasteiger partial charge in [-0.2, -0.15) is 8.78 Å². The molecule has 0 amide bonds. The van der Waals surface area contributed by atoms with Gasteiger partial charge < -0.3 is 10.1 Å². The molecule has 1 saturated carbocycles. The van der Waals surface area contributed by atoms with Gasteiger partial charge >= 0.3 is 6.61 Å². The third kappa shape index (κ3) is 3.95. The van der Waals surface area contributed by atoms with Crippen molar-refractivity contribution in [1.29, 1.82) is 0 Å². The van der Waals surface area contributed by atoms with Crippen LogP contribution in [0.3, 0.4) is 0 Å². The quantitative estimate of drug-likeness (QED) is 0.801. The van der Waals surface area contributed by atoms with E-state index in [9.17, 15) is 8.78 Å². The summed E-state index contributed by atoms with van der Waals surface area (Å²) in [6, 6.07) is 7.25. The number of benzene rings is 1. The van der Waals surface area contributed by atoms with Crippen molar-refractivity contribution in [1.82, 2.24) is 5.32 Å². The molecule has 1 N–H and O–H groups in total. The molecule has 0 heterocycles. The average molecular weight is 255 g/mol. The summed E-state index contributed by atoms with van der Waals surface area (Å²) in [7, 11) is 0. The van der Waals surface area contributed by atoms with E-state index in [0.29, 0.717) is 0 Å². The summed E-state index contributed by atoms with van der Waals surface area (Å²) >= 11 is 0. The van der Waals surface area contributed by atoms with Gasteiger partial charge in [0.05, 0.1) is 0 Å². The molecule has 1 aromatic carbocycles. The maximum atomic E-state index is 12.2. The Kier molecular flexibility index (Phi) is 4.53. The molecule has 0 aliphatic heterocycles. The zero-order valence-corrected chi connectivity index (χ0v) is 10.5. The van der Waals surface area contributed by atoms with E-state index >= 15 is 0 Å². The summed E-state index contributed by atoms with van der Waals surface area (Å²) in [5.41, 5.74) is 1.03. The van der Waals surface area contributed by atoms with Crippen LogP contribution in [0.25, 0.3) is 0 Å². The molecule has 1 aromatic rings. The standard InChI is InChI=1S/C14H19F2NO/c1-2-17-13(8-10-6-7-10)11-4-3-5-12(9-11)18-14(15)16/h3-5,9-10,13-14,17H,2,6-8H2,1H3. The van der Waals surface area contributed by atoms with Crippen LogP contribution in [-0.4, -0.2) is 13.2 Å². The van der Waals surface area contributed by atoms with Crippen LogP contribution in [0.4, 0.5) is 8.78 Å². The van der Waals surface area contributed by atoms with Crippen LogP contribution in [0.1, 0.15) is 37.8 Å². The van der Waals surface area contributed by atoms with Gasteiger partial charge in [0, 0.05) is 6.04 Å². The average Bonchev–Trinajstić information content (AvgIpc) is 3.12. The Hall–Kier alpha value is -1.16.